The van der Waals surface area contributed by atoms with Gasteiger partial charge in [0.25, 0.3) is 5.89 Å². The molecule has 2 aliphatic heterocycles. The van der Waals surface area contributed by atoms with Crippen LogP contribution in [-0.4, -0.2) is 69.6 Å². The molecule has 0 spiro atoms. The van der Waals surface area contributed by atoms with Crippen molar-refractivity contribution in [3.8, 4) is 11.6 Å². The van der Waals surface area contributed by atoms with E-state index in [2.05, 4.69) is 49.6 Å². The largest absolute Gasteiger partial charge is 0.382 e. The number of nitrogens with two attached hydrogens (primary N) is 1. The van der Waals surface area contributed by atoms with Gasteiger partial charge < -0.3 is 19.7 Å². The van der Waals surface area contributed by atoms with E-state index in [0.29, 0.717) is 29.8 Å². The molecule has 2 N–H and O–H groups in total. The number of morpholine rings is 1. The molecule has 10 heteroatoms. The Bertz CT molecular complexity index is 989. The van der Waals surface area contributed by atoms with Crippen LogP contribution in [0.5, 0.6) is 0 Å². The van der Waals surface area contributed by atoms with Crippen molar-refractivity contribution < 1.29 is 14.0 Å². The van der Waals surface area contributed by atoms with Gasteiger partial charge in [-0.2, -0.15) is 4.98 Å². The Morgan fingerprint density at radius 2 is 1.61 bits per heavy atom. The molecule has 0 bridgehead atoms. The average molecular weight is 425 g/mol. The number of nitrogens with zero attached hydrogens (tertiary/aromatic N) is 6. The standard InChI is InChI=1S/C21H27N7O3/c22-19-18(21-23-20(25-31-21)17-5-9-29-10-6-17)24-26-28(19)14-16-3-1-15(2-4-16)13-27-7-11-30-12-8-27/h1-4,17H,5-14,22H2. The van der Waals surface area contributed by atoms with E-state index in [-0.39, 0.29) is 5.92 Å². The summed E-state index contributed by atoms with van der Waals surface area (Å²) in [6, 6.07) is 8.51. The maximum Gasteiger partial charge on any atom is 0.282 e. The molecule has 0 unspecified atom stereocenters. The molecule has 31 heavy (non-hydrogen) atoms. The van der Waals surface area contributed by atoms with Crippen molar-refractivity contribution in [1.29, 1.82) is 0 Å². The molecule has 2 aromatic heterocycles. The molecule has 2 aliphatic rings. The number of nitrogen functional groups attached to an aromatic ring is 1. The third-order valence-electron chi connectivity index (χ3n) is 5.87. The summed E-state index contributed by atoms with van der Waals surface area (Å²) in [4.78, 5) is 6.91. The lowest BCUT2D eigenvalue weighted by molar-refractivity contribution is 0.0342. The third kappa shape index (κ3) is 4.60. The minimum absolute atomic E-state index is 0.249. The zero-order valence-electron chi connectivity index (χ0n) is 17.4. The topological polar surface area (TPSA) is 117 Å². The first kappa shape index (κ1) is 20.1. The van der Waals surface area contributed by atoms with Gasteiger partial charge >= 0.3 is 0 Å². The van der Waals surface area contributed by atoms with Crippen LogP contribution in [0.3, 0.4) is 0 Å². The Morgan fingerprint density at radius 3 is 2.35 bits per heavy atom. The molecule has 164 valence electrons. The second-order valence-electron chi connectivity index (χ2n) is 8.03. The van der Waals surface area contributed by atoms with Crippen molar-refractivity contribution in [1.82, 2.24) is 30.0 Å². The molecule has 0 saturated carbocycles. The molecule has 2 fully saturated rings. The Hall–Kier alpha value is -2.82. The van der Waals surface area contributed by atoms with E-state index < -0.39 is 0 Å². The Kier molecular flexibility index (Phi) is 5.92. The van der Waals surface area contributed by atoms with Gasteiger partial charge in [-0.25, -0.2) is 4.68 Å². The zero-order chi connectivity index (χ0) is 21.0. The van der Waals surface area contributed by atoms with Crippen LogP contribution in [0.1, 0.15) is 35.7 Å². The predicted molar refractivity (Wildman–Crippen MR) is 112 cm³/mol. The summed E-state index contributed by atoms with van der Waals surface area (Å²) >= 11 is 0. The van der Waals surface area contributed by atoms with Gasteiger partial charge in [-0.3, -0.25) is 4.90 Å². The Labute approximate surface area is 180 Å². The normalized spacial score (nSPS) is 18.5. The van der Waals surface area contributed by atoms with Gasteiger partial charge in [-0.1, -0.05) is 34.6 Å². The minimum Gasteiger partial charge on any atom is -0.382 e. The average Bonchev–Trinajstić information content (AvgIpc) is 3.44. The van der Waals surface area contributed by atoms with Gasteiger partial charge in [0.15, 0.2) is 17.3 Å². The van der Waals surface area contributed by atoms with Gasteiger partial charge in [0.2, 0.25) is 0 Å². The number of hydrogen-bond donors (Lipinski definition) is 1. The quantitative estimate of drug-likeness (QED) is 0.629. The Balaban J connectivity index is 1.24. The van der Waals surface area contributed by atoms with Crippen molar-refractivity contribution in [2.75, 3.05) is 45.3 Å². The predicted octanol–water partition coefficient (Wildman–Crippen LogP) is 1.68. The van der Waals surface area contributed by atoms with E-state index in [1.807, 2.05) is 0 Å². The highest BCUT2D eigenvalue weighted by atomic mass is 16.5. The summed E-state index contributed by atoms with van der Waals surface area (Å²) in [5.41, 5.74) is 9.10. The molecule has 3 aromatic rings. The number of aromatic nitrogens is 5. The van der Waals surface area contributed by atoms with Gasteiger partial charge in [0, 0.05) is 38.8 Å². The molecular formula is C21H27N7O3. The van der Waals surface area contributed by atoms with E-state index in [4.69, 9.17) is 19.7 Å². The monoisotopic (exact) mass is 425 g/mol. The molecule has 0 aliphatic carbocycles. The molecule has 4 heterocycles. The van der Waals surface area contributed by atoms with Gasteiger partial charge in [-0.15, -0.1) is 5.10 Å². The molecule has 0 radical (unpaired) electrons. The zero-order valence-corrected chi connectivity index (χ0v) is 17.4. The van der Waals surface area contributed by atoms with E-state index in [9.17, 15) is 0 Å². The summed E-state index contributed by atoms with van der Waals surface area (Å²) in [6.07, 6.45) is 1.78. The number of benzene rings is 1. The molecule has 10 nitrogen and oxygen atoms in total. The Morgan fingerprint density at radius 1 is 0.935 bits per heavy atom. The highest BCUT2D eigenvalue weighted by Gasteiger charge is 2.24. The molecule has 1 aromatic carbocycles. The number of rotatable bonds is 6. The molecule has 2 saturated heterocycles. The number of anilines is 1. The second kappa shape index (κ2) is 9.13. The van der Waals surface area contributed by atoms with Crippen LogP contribution in [0, 0.1) is 0 Å². The van der Waals surface area contributed by atoms with Crippen molar-refractivity contribution in [2.45, 2.75) is 31.8 Å². The highest BCUT2D eigenvalue weighted by molar-refractivity contribution is 5.61. The SMILES string of the molecule is Nc1c(-c2nc(C3CCOCC3)no2)nnn1Cc1ccc(CN2CCOCC2)cc1. The third-order valence-corrected chi connectivity index (χ3v) is 5.87. The maximum absolute atomic E-state index is 6.30. The summed E-state index contributed by atoms with van der Waals surface area (Å²) in [6.45, 7) is 6.47. The van der Waals surface area contributed by atoms with Gasteiger partial charge in [-0.05, 0) is 24.0 Å². The van der Waals surface area contributed by atoms with Crippen LogP contribution in [0.15, 0.2) is 28.8 Å². The molecule has 0 atom stereocenters. The lowest BCUT2D eigenvalue weighted by Gasteiger charge is -2.26. The van der Waals surface area contributed by atoms with E-state index in [0.717, 1.165) is 64.5 Å². The number of hydrogen-bond acceptors (Lipinski definition) is 9. The summed E-state index contributed by atoms with van der Waals surface area (Å²) < 4.78 is 17.9. The van der Waals surface area contributed by atoms with Crippen LogP contribution in [0.4, 0.5) is 5.82 Å². The van der Waals surface area contributed by atoms with E-state index in [1.165, 1.54) is 5.56 Å². The van der Waals surface area contributed by atoms with Crippen LogP contribution >= 0.6 is 0 Å². The number of ether oxygens (including phenoxy) is 2. The van der Waals surface area contributed by atoms with Gasteiger partial charge in [0.05, 0.1) is 19.8 Å². The van der Waals surface area contributed by atoms with E-state index in [1.54, 1.807) is 4.68 Å². The first-order chi connectivity index (χ1) is 15.3. The van der Waals surface area contributed by atoms with Crippen LogP contribution in [0.25, 0.3) is 11.6 Å². The van der Waals surface area contributed by atoms with Crippen molar-refractivity contribution in [3.05, 3.63) is 41.2 Å². The van der Waals surface area contributed by atoms with Crippen LogP contribution in [0.2, 0.25) is 0 Å². The smallest absolute Gasteiger partial charge is 0.282 e. The van der Waals surface area contributed by atoms with Crippen LogP contribution < -0.4 is 5.73 Å². The second-order valence-corrected chi connectivity index (χ2v) is 8.03. The lowest BCUT2D eigenvalue weighted by atomic mass is 10.00. The fourth-order valence-corrected chi connectivity index (χ4v) is 3.98. The van der Waals surface area contributed by atoms with E-state index >= 15 is 0 Å². The van der Waals surface area contributed by atoms with Crippen molar-refractivity contribution in [2.24, 2.45) is 0 Å². The van der Waals surface area contributed by atoms with Crippen molar-refractivity contribution in [3.63, 3.8) is 0 Å². The highest BCUT2D eigenvalue weighted by Crippen LogP contribution is 2.28. The lowest BCUT2D eigenvalue weighted by Crippen LogP contribution is -2.35. The summed E-state index contributed by atoms with van der Waals surface area (Å²) in [5, 5.41) is 12.5. The summed E-state index contributed by atoms with van der Waals surface area (Å²) in [7, 11) is 0. The molecule has 5 rings (SSSR count). The maximum atomic E-state index is 6.30. The van der Waals surface area contributed by atoms with Gasteiger partial charge in [0.1, 0.15) is 0 Å². The molecule has 0 amide bonds. The first-order valence-corrected chi connectivity index (χ1v) is 10.7. The molecular weight excluding hydrogens is 398 g/mol. The summed E-state index contributed by atoms with van der Waals surface area (Å²) in [5.74, 6) is 1.66. The minimum atomic E-state index is 0.249. The van der Waals surface area contributed by atoms with Crippen molar-refractivity contribution >= 4 is 5.82 Å². The van der Waals surface area contributed by atoms with Crippen LogP contribution in [-0.2, 0) is 22.6 Å². The first-order valence-electron chi connectivity index (χ1n) is 10.7. The fraction of sp³-hybridized carbons (Fsp3) is 0.524. The fourth-order valence-electron chi connectivity index (χ4n) is 3.98.